The minimum Gasteiger partial charge on any atom is -0.310 e. The molecule has 10 aromatic rings. The van der Waals surface area contributed by atoms with Crippen LogP contribution < -0.4 is 4.90 Å². The standard InChI is InChI=1S/C60H47NS/c1-4-17-42(18-5-1)43-31-35-47(36-32-43)61(49-39-40-55-54-27-14-15-30-58(54)62-59(55)41-49)48-37-33-46(34-38-48)60-56(52-25-12-10-23-50(52)44-19-6-2-7-20-44)28-16-29-57(60)53-26-13-11-24-51(53)45-21-8-3-9-22-45/h2-3,6-16,19-42H,1,4-5,17-18H2. The number of fused-ring (bicyclic) bond motifs is 3. The smallest absolute Gasteiger partial charge is 0.0476 e. The molecule has 298 valence electrons. The van der Waals surface area contributed by atoms with Gasteiger partial charge < -0.3 is 4.90 Å². The topological polar surface area (TPSA) is 3.24 Å². The highest BCUT2D eigenvalue weighted by Crippen LogP contribution is 2.47. The van der Waals surface area contributed by atoms with Gasteiger partial charge in [0.25, 0.3) is 0 Å². The van der Waals surface area contributed by atoms with E-state index >= 15 is 0 Å². The van der Waals surface area contributed by atoms with Gasteiger partial charge in [-0.15, -0.1) is 11.3 Å². The van der Waals surface area contributed by atoms with Crippen molar-refractivity contribution in [3.05, 3.63) is 224 Å². The summed E-state index contributed by atoms with van der Waals surface area (Å²) in [6.07, 6.45) is 6.62. The molecule has 0 unspecified atom stereocenters. The van der Waals surface area contributed by atoms with Crippen LogP contribution in [-0.4, -0.2) is 0 Å². The molecule has 0 spiro atoms. The fourth-order valence-electron chi connectivity index (χ4n) is 9.90. The Bertz CT molecular complexity index is 3040. The summed E-state index contributed by atoms with van der Waals surface area (Å²) in [5.74, 6) is 0.661. The molecule has 1 aromatic heterocycles. The number of thiophene rings is 1. The van der Waals surface area contributed by atoms with Crippen molar-refractivity contribution in [3.8, 4) is 55.6 Å². The van der Waals surface area contributed by atoms with Crippen LogP contribution >= 0.6 is 11.3 Å². The highest BCUT2D eigenvalue weighted by Gasteiger charge is 2.22. The van der Waals surface area contributed by atoms with E-state index in [0.29, 0.717) is 5.92 Å². The molecule has 0 aliphatic heterocycles. The fraction of sp³-hybridized carbons (Fsp3) is 0.100. The van der Waals surface area contributed by atoms with Gasteiger partial charge in [-0.2, -0.15) is 0 Å². The van der Waals surface area contributed by atoms with Crippen molar-refractivity contribution in [3.63, 3.8) is 0 Å². The summed E-state index contributed by atoms with van der Waals surface area (Å²) in [5, 5.41) is 2.64. The van der Waals surface area contributed by atoms with E-state index in [4.69, 9.17) is 0 Å². The minimum absolute atomic E-state index is 0.661. The lowest BCUT2D eigenvalue weighted by atomic mass is 9.83. The summed E-state index contributed by atoms with van der Waals surface area (Å²) < 4.78 is 2.63. The Kier molecular flexibility index (Phi) is 10.3. The molecule has 1 heterocycles. The van der Waals surface area contributed by atoms with Crippen molar-refractivity contribution in [2.75, 3.05) is 4.90 Å². The lowest BCUT2D eigenvalue weighted by molar-refractivity contribution is 0.443. The maximum absolute atomic E-state index is 2.44. The second-order valence-electron chi connectivity index (χ2n) is 16.6. The van der Waals surface area contributed by atoms with Crippen LogP contribution in [0.15, 0.2) is 218 Å². The van der Waals surface area contributed by atoms with Crippen molar-refractivity contribution in [1.82, 2.24) is 0 Å². The third-order valence-electron chi connectivity index (χ3n) is 12.9. The number of benzene rings is 9. The van der Waals surface area contributed by atoms with Crippen molar-refractivity contribution in [2.24, 2.45) is 0 Å². The number of hydrogen-bond donors (Lipinski definition) is 0. The number of nitrogens with zero attached hydrogens (tertiary/aromatic N) is 1. The predicted octanol–water partition coefficient (Wildman–Crippen LogP) is 17.9. The van der Waals surface area contributed by atoms with Crippen LogP contribution in [-0.2, 0) is 0 Å². The molecule has 0 bridgehead atoms. The molecule has 62 heavy (non-hydrogen) atoms. The first-order chi connectivity index (χ1) is 30.8. The Labute approximate surface area is 369 Å². The largest absolute Gasteiger partial charge is 0.310 e. The summed E-state index contributed by atoms with van der Waals surface area (Å²) in [4.78, 5) is 2.44. The highest BCUT2D eigenvalue weighted by atomic mass is 32.1. The molecule has 0 radical (unpaired) electrons. The fourth-order valence-corrected chi connectivity index (χ4v) is 11.0. The van der Waals surface area contributed by atoms with Crippen LogP contribution in [0, 0.1) is 0 Å². The van der Waals surface area contributed by atoms with E-state index in [2.05, 4.69) is 223 Å². The monoisotopic (exact) mass is 813 g/mol. The zero-order valence-corrected chi connectivity index (χ0v) is 35.6. The van der Waals surface area contributed by atoms with E-state index in [1.165, 1.54) is 119 Å². The molecule has 1 aliphatic carbocycles. The molecule has 1 nitrogen and oxygen atoms in total. The van der Waals surface area contributed by atoms with Crippen molar-refractivity contribution in [1.29, 1.82) is 0 Å². The van der Waals surface area contributed by atoms with Crippen molar-refractivity contribution in [2.45, 2.75) is 38.0 Å². The first-order valence-electron chi connectivity index (χ1n) is 22.1. The first-order valence-corrected chi connectivity index (χ1v) is 22.9. The van der Waals surface area contributed by atoms with E-state index in [-0.39, 0.29) is 0 Å². The van der Waals surface area contributed by atoms with Crippen LogP contribution in [0.5, 0.6) is 0 Å². The second-order valence-corrected chi connectivity index (χ2v) is 17.7. The Morgan fingerprint density at radius 3 is 1.44 bits per heavy atom. The summed E-state index contributed by atoms with van der Waals surface area (Å²) >= 11 is 1.88. The molecule has 0 N–H and O–H groups in total. The SMILES string of the molecule is c1ccc(-c2ccccc2-c2cccc(-c3ccccc3-c3ccccc3)c2-c2ccc(N(c3ccc(C4CCCCC4)cc3)c3ccc4c(c3)sc3ccccc34)cc2)cc1. The Balaban J connectivity index is 1.08. The summed E-state index contributed by atoms with van der Waals surface area (Å²) in [7, 11) is 0. The van der Waals surface area contributed by atoms with Crippen LogP contribution in [0.2, 0.25) is 0 Å². The van der Waals surface area contributed by atoms with E-state index in [1.54, 1.807) is 0 Å². The van der Waals surface area contributed by atoms with E-state index in [9.17, 15) is 0 Å². The number of rotatable bonds is 9. The molecule has 0 atom stereocenters. The zero-order chi connectivity index (χ0) is 41.2. The lowest BCUT2D eigenvalue weighted by Crippen LogP contribution is -2.10. The Hall–Kier alpha value is -7.00. The third-order valence-corrected chi connectivity index (χ3v) is 14.1. The van der Waals surface area contributed by atoms with E-state index in [0.717, 1.165) is 11.4 Å². The third kappa shape index (κ3) is 7.21. The Morgan fingerprint density at radius 1 is 0.339 bits per heavy atom. The quantitative estimate of drug-likeness (QED) is 0.140. The second kappa shape index (κ2) is 16.8. The molecule has 1 fully saturated rings. The zero-order valence-electron chi connectivity index (χ0n) is 34.8. The molecule has 9 aromatic carbocycles. The lowest BCUT2D eigenvalue weighted by Gasteiger charge is -2.27. The molecular formula is C60H47NS. The number of hydrogen-bond acceptors (Lipinski definition) is 2. The van der Waals surface area contributed by atoms with Gasteiger partial charge in [-0.1, -0.05) is 195 Å². The van der Waals surface area contributed by atoms with Crippen LogP contribution in [0.25, 0.3) is 75.8 Å². The van der Waals surface area contributed by atoms with Crippen molar-refractivity contribution < 1.29 is 0 Å². The maximum Gasteiger partial charge on any atom is 0.0476 e. The predicted molar refractivity (Wildman–Crippen MR) is 267 cm³/mol. The van der Waals surface area contributed by atoms with Gasteiger partial charge in [0.15, 0.2) is 0 Å². The van der Waals surface area contributed by atoms with E-state index < -0.39 is 0 Å². The van der Waals surface area contributed by atoms with Crippen LogP contribution in [0.1, 0.15) is 43.6 Å². The summed E-state index contributed by atoms with van der Waals surface area (Å²) in [6.45, 7) is 0. The first kappa shape index (κ1) is 38.0. The summed E-state index contributed by atoms with van der Waals surface area (Å²) in [6, 6.07) is 80.7. The average Bonchev–Trinajstić information content (AvgIpc) is 3.73. The van der Waals surface area contributed by atoms with Gasteiger partial charge in [0, 0.05) is 37.2 Å². The molecule has 1 aliphatic rings. The Morgan fingerprint density at radius 2 is 0.823 bits per heavy atom. The van der Waals surface area contributed by atoms with Crippen molar-refractivity contribution >= 4 is 48.6 Å². The maximum atomic E-state index is 2.44. The van der Waals surface area contributed by atoms with Gasteiger partial charge in [0.1, 0.15) is 0 Å². The average molecular weight is 814 g/mol. The molecular weight excluding hydrogens is 767 g/mol. The molecule has 0 amide bonds. The van der Waals surface area contributed by atoms with Gasteiger partial charge in [-0.3, -0.25) is 0 Å². The van der Waals surface area contributed by atoms with Gasteiger partial charge in [-0.05, 0) is 122 Å². The minimum atomic E-state index is 0.661. The van der Waals surface area contributed by atoms with Crippen LogP contribution in [0.3, 0.4) is 0 Å². The normalized spacial score (nSPS) is 13.1. The van der Waals surface area contributed by atoms with Gasteiger partial charge in [0.2, 0.25) is 0 Å². The molecule has 11 rings (SSSR count). The highest BCUT2D eigenvalue weighted by molar-refractivity contribution is 7.25. The molecule has 0 saturated heterocycles. The van der Waals surface area contributed by atoms with Crippen LogP contribution in [0.4, 0.5) is 17.1 Å². The number of anilines is 3. The van der Waals surface area contributed by atoms with Gasteiger partial charge in [-0.25, -0.2) is 0 Å². The van der Waals surface area contributed by atoms with Gasteiger partial charge >= 0.3 is 0 Å². The molecule has 1 saturated carbocycles. The van der Waals surface area contributed by atoms with E-state index in [1.807, 2.05) is 11.3 Å². The summed E-state index contributed by atoms with van der Waals surface area (Å²) in [5.41, 5.74) is 17.1. The molecule has 2 heteroatoms. The van der Waals surface area contributed by atoms with Gasteiger partial charge in [0.05, 0.1) is 0 Å².